The summed E-state index contributed by atoms with van der Waals surface area (Å²) in [5.41, 5.74) is 3.74. The lowest BCUT2D eigenvalue weighted by Gasteiger charge is -2.05. The Bertz CT molecular complexity index is 424. The van der Waals surface area contributed by atoms with E-state index in [0.717, 1.165) is 5.69 Å². The smallest absolute Gasteiger partial charge is 0.0497 e. The van der Waals surface area contributed by atoms with E-state index in [9.17, 15) is 0 Å². The van der Waals surface area contributed by atoms with Crippen molar-refractivity contribution in [2.45, 2.75) is 26.7 Å². The van der Waals surface area contributed by atoms with Crippen LogP contribution in [0.4, 0.5) is 0 Å². The first-order valence-electron chi connectivity index (χ1n) is 4.69. The zero-order chi connectivity index (χ0) is 9.42. The molecule has 0 aliphatic carbocycles. The maximum atomic E-state index is 3.35. The monoisotopic (exact) mass is 172 g/mol. The maximum absolute atomic E-state index is 3.35. The minimum atomic E-state index is 0.565. The molecule has 2 aromatic rings. The molecule has 1 aromatic carbocycles. The zero-order valence-corrected chi connectivity index (χ0v) is 8.31. The molecule has 1 aromatic heterocycles. The van der Waals surface area contributed by atoms with E-state index in [1.54, 1.807) is 0 Å². The van der Waals surface area contributed by atoms with Gasteiger partial charge in [-0.1, -0.05) is 32.0 Å². The number of fused-ring (bicyclic) bond motifs is 1. The summed E-state index contributed by atoms with van der Waals surface area (Å²) in [7, 11) is 0. The zero-order valence-electron chi connectivity index (χ0n) is 8.31. The number of hydrogen-bond donors (Lipinski definition) is 1. The number of benzene rings is 1. The van der Waals surface area contributed by atoms with Crippen LogP contribution in [-0.2, 0) is 0 Å². The summed E-state index contributed by atoms with van der Waals surface area (Å²) >= 11 is 0. The largest absolute Gasteiger partial charge is 0.358 e. The molecule has 0 saturated carbocycles. The first-order valence-corrected chi connectivity index (χ1v) is 4.69. The third-order valence-electron chi connectivity index (χ3n) is 2.35. The average molecular weight is 172 g/mol. The van der Waals surface area contributed by atoms with Crippen LogP contribution in [0, 0.1) is 13.0 Å². The van der Waals surface area contributed by atoms with Crippen molar-refractivity contribution in [3.05, 3.63) is 35.5 Å². The Labute approximate surface area is 78.8 Å². The number of rotatable bonds is 1. The van der Waals surface area contributed by atoms with Crippen LogP contribution < -0.4 is 0 Å². The second-order valence-corrected chi connectivity index (χ2v) is 3.80. The summed E-state index contributed by atoms with van der Waals surface area (Å²) in [6.07, 6.45) is 0. The number of nitrogens with one attached hydrogen (secondary N) is 1. The van der Waals surface area contributed by atoms with E-state index < -0.39 is 0 Å². The lowest BCUT2D eigenvalue weighted by atomic mass is 10.0. The molecule has 1 nitrogen and oxygen atoms in total. The van der Waals surface area contributed by atoms with Crippen molar-refractivity contribution < 1.29 is 0 Å². The Balaban J connectivity index is 2.75. The molecule has 0 spiro atoms. The highest BCUT2D eigenvalue weighted by Gasteiger charge is 2.06. The first-order chi connectivity index (χ1) is 6.18. The summed E-state index contributed by atoms with van der Waals surface area (Å²) in [6.45, 7) is 6.47. The third-order valence-corrected chi connectivity index (χ3v) is 2.35. The Kier molecular flexibility index (Phi) is 1.87. The van der Waals surface area contributed by atoms with Gasteiger partial charge in [-0.25, -0.2) is 0 Å². The molecule has 0 amide bonds. The van der Waals surface area contributed by atoms with Crippen LogP contribution in [0.1, 0.15) is 31.0 Å². The standard InChI is InChI=1S/C12H14N/c1-8(2)11-6-4-5-10-7-9(3)13-12(10)11/h4-6,8,13H,1-3H3. The van der Waals surface area contributed by atoms with Gasteiger partial charge in [-0.05, 0) is 18.4 Å². The molecule has 0 aliphatic rings. The van der Waals surface area contributed by atoms with Crippen molar-refractivity contribution in [2.75, 3.05) is 0 Å². The second kappa shape index (κ2) is 2.91. The number of aryl methyl sites for hydroxylation is 1. The van der Waals surface area contributed by atoms with Gasteiger partial charge in [0.15, 0.2) is 0 Å². The highest BCUT2D eigenvalue weighted by atomic mass is 14.7. The first kappa shape index (κ1) is 8.36. The van der Waals surface area contributed by atoms with Crippen LogP contribution in [0.5, 0.6) is 0 Å². The van der Waals surface area contributed by atoms with E-state index in [0.29, 0.717) is 5.92 Å². The van der Waals surface area contributed by atoms with Crippen LogP contribution in [-0.4, -0.2) is 4.98 Å². The molecule has 0 atom stereocenters. The van der Waals surface area contributed by atoms with Gasteiger partial charge in [0.1, 0.15) is 0 Å². The van der Waals surface area contributed by atoms with E-state index >= 15 is 0 Å². The van der Waals surface area contributed by atoms with Crippen molar-refractivity contribution in [3.63, 3.8) is 0 Å². The number of aromatic nitrogens is 1. The van der Waals surface area contributed by atoms with Gasteiger partial charge in [0.2, 0.25) is 0 Å². The lowest BCUT2D eigenvalue weighted by molar-refractivity contribution is 0.873. The molecule has 0 aliphatic heterocycles. The summed E-state index contributed by atoms with van der Waals surface area (Å²) in [5, 5.41) is 1.20. The van der Waals surface area contributed by atoms with E-state index in [1.807, 2.05) is 6.92 Å². The predicted octanol–water partition coefficient (Wildman–Crippen LogP) is 3.40. The summed E-state index contributed by atoms with van der Waals surface area (Å²) < 4.78 is 0. The highest BCUT2D eigenvalue weighted by molar-refractivity contribution is 5.83. The van der Waals surface area contributed by atoms with E-state index in [4.69, 9.17) is 0 Å². The molecule has 0 saturated heterocycles. The fourth-order valence-electron chi connectivity index (χ4n) is 1.72. The molecule has 2 rings (SSSR count). The maximum Gasteiger partial charge on any atom is 0.0497 e. The van der Waals surface area contributed by atoms with Crippen LogP contribution in [0.3, 0.4) is 0 Å². The Morgan fingerprint density at radius 2 is 2.08 bits per heavy atom. The van der Waals surface area contributed by atoms with Gasteiger partial charge in [0, 0.05) is 22.7 Å². The van der Waals surface area contributed by atoms with Crippen LogP contribution in [0.2, 0.25) is 0 Å². The van der Waals surface area contributed by atoms with Gasteiger partial charge in [0.05, 0.1) is 0 Å². The summed E-state index contributed by atoms with van der Waals surface area (Å²) in [6, 6.07) is 9.68. The minimum Gasteiger partial charge on any atom is -0.358 e. The topological polar surface area (TPSA) is 15.8 Å². The molecule has 0 bridgehead atoms. The number of aromatic amines is 1. The van der Waals surface area contributed by atoms with Crippen molar-refractivity contribution in [1.29, 1.82) is 0 Å². The number of para-hydroxylation sites is 1. The molecule has 1 heterocycles. The molecule has 1 N–H and O–H groups in total. The fraction of sp³-hybridized carbons (Fsp3) is 0.333. The average Bonchev–Trinajstić information content (AvgIpc) is 2.43. The Morgan fingerprint density at radius 1 is 1.31 bits per heavy atom. The van der Waals surface area contributed by atoms with Crippen molar-refractivity contribution in [2.24, 2.45) is 0 Å². The molecule has 1 radical (unpaired) electrons. The SMILES string of the molecule is Cc1[c]c2cccc(C(C)C)c2[nH]1. The van der Waals surface area contributed by atoms with Crippen LogP contribution in [0.25, 0.3) is 10.9 Å². The number of hydrogen-bond acceptors (Lipinski definition) is 0. The van der Waals surface area contributed by atoms with Crippen LogP contribution >= 0.6 is 0 Å². The molecular formula is C12H14N. The molecular weight excluding hydrogens is 158 g/mol. The van der Waals surface area contributed by atoms with E-state index in [2.05, 4.69) is 43.1 Å². The molecule has 67 valence electrons. The van der Waals surface area contributed by atoms with E-state index in [-0.39, 0.29) is 0 Å². The summed E-state index contributed by atoms with van der Waals surface area (Å²) in [5.74, 6) is 0.565. The van der Waals surface area contributed by atoms with Gasteiger partial charge in [-0.2, -0.15) is 0 Å². The van der Waals surface area contributed by atoms with Gasteiger partial charge >= 0.3 is 0 Å². The normalized spacial score (nSPS) is 11.4. The molecule has 13 heavy (non-hydrogen) atoms. The lowest BCUT2D eigenvalue weighted by Crippen LogP contribution is -1.88. The third kappa shape index (κ3) is 1.35. The molecule has 1 heteroatoms. The summed E-state index contributed by atoms with van der Waals surface area (Å²) in [4.78, 5) is 3.35. The van der Waals surface area contributed by atoms with Gasteiger partial charge in [-0.3, -0.25) is 0 Å². The number of H-pyrrole nitrogens is 1. The highest BCUT2D eigenvalue weighted by Crippen LogP contribution is 2.24. The Morgan fingerprint density at radius 3 is 2.77 bits per heavy atom. The second-order valence-electron chi connectivity index (χ2n) is 3.80. The van der Waals surface area contributed by atoms with Crippen molar-refractivity contribution >= 4 is 10.9 Å². The molecule has 0 fully saturated rings. The quantitative estimate of drug-likeness (QED) is 0.678. The Hall–Kier alpha value is -1.24. The van der Waals surface area contributed by atoms with Gasteiger partial charge in [0.25, 0.3) is 0 Å². The van der Waals surface area contributed by atoms with Gasteiger partial charge in [-0.15, -0.1) is 0 Å². The minimum absolute atomic E-state index is 0.565. The van der Waals surface area contributed by atoms with Crippen LogP contribution in [0.15, 0.2) is 18.2 Å². The predicted molar refractivity (Wildman–Crippen MR) is 56.0 cm³/mol. The van der Waals surface area contributed by atoms with Crippen molar-refractivity contribution in [3.8, 4) is 0 Å². The van der Waals surface area contributed by atoms with Gasteiger partial charge < -0.3 is 4.98 Å². The molecule has 0 unspecified atom stereocenters. The van der Waals surface area contributed by atoms with E-state index in [1.165, 1.54) is 16.5 Å². The van der Waals surface area contributed by atoms with Crippen molar-refractivity contribution in [1.82, 2.24) is 4.98 Å². The fourth-order valence-corrected chi connectivity index (χ4v) is 1.72.